The zero-order chi connectivity index (χ0) is 43.3. The molecule has 12 heteroatoms. The third-order valence-electron chi connectivity index (χ3n) is 7.96. The smallest absolute Gasteiger partial charge is 0.668 e. The van der Waals surface area contributed by atoms with Crippen LogP contribution in [0.15, 0.2) is 131 Å². The van der Waals surface area contributed by atoms with Gasteiger partial charge in [0.1, 0.15) is 0 Å². The van der Waals surface area contributed by atoms with E-state index in [0.717, 1.165) is 58.4 Å². The van der Waals surface area contributed by atoms with E-state index in [2.05, 4.69) is 176 Å². The van der Waals surface area contributed by atoms with E-state index in [1.807, 2.05) is 39.8 Å². The Balaban J connectivity index is 0.000000754. The first-order chi connectivity index (χ1) is 26.8. The van der Waals surface area contributed by atoms with Gasteiger partial charge in [0.05, 0.1) is 11.4 Å². The fraction of sp³-hybridized carbons (Fsp3) is 0.375. The maximum absolute atomic E-state index is 4.82. The Bertz CT molecular complexity index is 1850. The van der Waals surface area contributed by atoms with Crippen molar-refractivity contribution < 1.29 is 39.0 Å². The van der Waals surface area contributed by atoms with Crippen molar-refractivity contribution in [1.29, 1.82) is 0 Å². The molecule has 0 radical (unpaired) electrons. The molecule has 7 aliphatic rings. The van der Waals surface area contributed by atoms with Gasteiger partial charge in [-0.05, 0) is 73.2 Å². The van der Waals surface area contributed by atoms with Crippen LogP contribution < -0.4 is 0 Å². The van der Waals surface area contributed by atoms with Crippen molar-refractivity contribution in [2.75, 3.05) is 0 Å². The minimum atomic E-state index is -1.11. The molecule has 0 saturated heterocycles. The average molecular weight is 974 g/mol. The first-order valence-electron chi connectivity index (χ1n) is 20.5. The SMILES string of the molecule is CC1=Nc2ccc(cc2)Cc2ccc(cc2)N=C(C)/C=C(/C)[N-]c2ccc(cc2)Cc2ccc(cc2)[N-]/C(C)=C\1.C[Si](C)(C)[N-][Si](C)(C)C.C[Si](C)(C)[N-][Si](C)(C)C.[Zn+2].[Zn+2]. The summed E-state index contributed by atoms with van der Waals surface area (Å²) in [7, 11) is -4.42. The van der Waals surface area contributed by atoms with Crippen LogP contribution in [0.3, 0.4) is 0 Å². The summed E-state index contributed by atoms with van der Waals surface area (Å²) >= 11 is 0. The van der Waals surface area contributed by atoms with Crippen LogP contribution in [0.5, 0.6) is 0 Å². The second kappa shape index (κ2) is 24.8. The Hall–Kier alpha value is -2.67. The maximum atomic E-state index is 4.82. The van der Waals surface area contributed by atoms with Gasteiger partial charge in [-0.15, -0.1) is 11.4 Å². The number of allylic oxidation sites excluding steroid dienone is 4. The summed E-state index contributed by atoms with van der Waals surface area (Å²) in [4.78, 5) is 9.53. The molecule has 0 saturated carbocycles. The zero-order valence-corrected chi connectivity index (χ0v) is 49.8. The maximum Gasteiger partial charge on any atom is 2.00 e. The number of aliphatic imine (C=N–C) groups is 2. The molecule has 0 aromatic heterocycles. The van der Waals surface area contributed by atoms with Crippen molar-refractivity contribution >= 4 is 67.1 Å². The van der Waals surface area contributed by atoms with Gasteiger partial charge in [-0.1, -0.05) is 210 Å². The molecule has 0 amide bonds. The average Bonchev–Trinajstić information content (AvgIpc) is 3.05. The fourth-order valence-electron chi connectivity index (χ4n) is 6.79. The van der Waals surface area contributed by atoms with Gasteiger partial charge in [0.2, 0.25) is 0 Å². The predicted octanol–water partition coefficient (Wildman–Crippen LogP) is 16.6. The van der Waals surface area contributed by atoms with Gasteiger partial charge >= 0.3 is 39.0 Å². The number of benzene rings is 4. The van der Waals surface area contributed by atoms with Crippen LogP contribution in [0.4, 0.5) is 22.7 Å². The molecule has 11 rings (SSSR count). The minimum absolute atomic E-state index is 0. The molecule has 312 valence electrons. The first kappa shape index (κ1) is 55.4. The normalized spacial score (nSPS) is 15.5. The van der Waals surface area contributed by atoms with Crippen LogP contribution in [-0.4, -0.2) is 44.4 Å². The van der Waals surface area contributed by atoms with Crippen molar-refractivity contribution in [3.05, 3.63) is 163 Å². The molecule has 60 heavy (non-hydrogen) atoms. The third kappa shape index (κ3) is 24.7. The minimum Gasteiger partial charge on any atom is -0.668 e. The summed E-state index contributed by atoms with van der Waals surface area (Å²) in [5.41, 5.74) is 12.4. The molecule has 0 fully saturated rings. The van der Waals surface area contributed by atoms with Crippen molar-refractivity contribution in [3.63, 3.8) is 0 Å². The summed E-state index contributed by atoms with van der Waals surface area (Å²) in [5.74, 6) is 0. The van der Waals surface area contributed by atoms with Gasteiger partial charge in [-0.25, -0.2) is 0 Å². The Morgan fingerprint density at radius 3 is 0.833 bits per heavy atom. The van der Waals surface area contributed by atoms with Crippen LogP contribution in [0.2, 0.25) is 78.6 Å². The molecule has 0 aliphatic carbocycles. The molecule has 7 heterocycles. The number of nitrogens with zero attached hydrogens (tertiary/aromatic N) is 6. The van der Waals surface area contributed by atoms with Crippen molar-refractivity contribution in [3.8, 4) is 0 Å². The Morgan fingerprint density at radius 2 is 0.617 bits per heavy atom. The van der Waals surface area contributed by atoms with Gasteiger partial charge in [0.15, 0.2) is 0 Å². The molecule has 0 spiro atoms. The molecular formula is C48H70N6Si4Zn2. The molecule has 0 unspecified atom stereocenters. The number of hydrogen-bond acceptors (Lipinski definition) is 2. The van der Waals surface area contributed by atoms with Gasteiger partial charge in [0, 0.05) is 11.4 Å². The van der Waals surface area contributed by atoms with Gasteiger partial charge in [-0.2, -0.15) is 11.4 Å². The quantitative estimate of drug-likeness (QED) is 0.183. The van der Waals surface area contributed by atoms with Crippen LogP contribution in [0.25, 0.3) is 19.9 Å². The zero-order valence-electron chi connectivity index (χ0n) is 39.9. The van der Waals surface area contributed by atoms with Gasteiger partial charge in [0.25, 0.3) is 0 Å². The van der Waals surface area contributed by atoms with E-state index >= 15 is 0 Å². The second-order valence-electron chi connectivity index (χ2n) is 19.2. The summed E-state index contributed by atoms with van der Waals surface area (Å²) in [6.45, 7) is 35.6. The third-order valence-corrected chi connectivity index (χ3v) is 18.7. The van der Waals surface area contributed by atoms with Crippen molar-refractivity contribution in [2.45, 2.75) is 119 Å². The van der Waals surface area contributed by atoms with Crippen LogP contribution >= 0.6 is 0 Å². The largest absolute Gasteiger partial charge is 2.00 e. The molecule has 0 N–H and O–H groups in total. The first-order valence-corrected chi connectivity index (χ1v) is 34.3. The fourth-order valence-corrected chi connectivity index (χ4v) is 22.9. The van der Waals surface area contributed by atoms with E-state index in [9.17, 15) is 0 Å². The van der Waals surface area contributed by atoms with Crippen LogP contribution in [0.1, 0.15) is 49.9 Å². The predicted molar refractivity (Wildman–Crippen MR) is 271 cm³/mol. The topological polar surface area (TPSA) is 81.1 Å². The van der Waals surface area contributed by atoms with E-state index in [1.54, 1.807) is 0 Å². The standard InChI is InChI=1S/C36H34N4.2C6H18NSi2.2Zn/c1-25-21-26(2)38-34-15-7-30(8-16-34)24-32-11-19-36(20-12-32)40-28(4)22-27(3)39-35-17-9-31(10-18-35)23-29-5-13-33(37-25)14-6-29;2*1-8(2,3)7-9(4,5)6;;/h5-22H,23-24H2,1-4H3;2*1-6H3;;/q-2;2*-1;2*+2/b25-21-,27-22-,38-26?,40-28?;;;;. The van der Waals surface area contributed by atoms with E-state index in [4.69, 9.17) is 29.9 Å². The Kier molecular flexibility index (Phi) is 22.9. The Labute approximate surface area is 395 Å². The summed E-state index contributed by atoms with van der Waals surface area (Å²) < 4.78 is 9.64. The summed E-state index contributed by atoms with van der Waals surface area (Å²) in [5, 5.41) is 9.53. The summed E-state index contributed by atoms with van der Waals surface area (Å²) in [6.07, 6.45) is 5.76. The molecular weight excluding hydrogens is 904 g/mol. The number of hydrogen-bond donors (Lipinski definition) is 0. The van der Waals surface area contributed by atoms with E-state index in [1.165, 1.54) is 22.3 Å². The second-order valence-corrected chi connectivity index (χ2v) is 38.4. The van der Waals surface area contributed by atoms with E-state index in [-0.39, 0.29) is 39.0 Å². The van der Waals surface area contributed by atoms with E-state index in [0.29, 0.717) is 0 Å². The van der Waals surface area contributed by atoms with Crippen molar-refractivity contribution in [2.24, 2.45) is 9.98 Å². The molecule has 6 nitrogen and oxygen atoms in total. The van der Waals surface area contributed by atoms with Crippen LogP contribution in [0, 0.1) is 0 Å². The van der Waals surface area contributed by atoms with Gasteiger partial charge < -0.3 is 19.9 Å². The van der Waals surface area contributed by atoms with Gasteiger partial charge in [-0.3, -0.25) is 9.98 Å². The molecule has 7 aliphatic heterocycles. The van der Waals surface area contributed by atoms with Crippen LogP contribution in [-0.2, 0) is 51.8 Å². The Morgan fingerprint density at radius 1 is 0.383 bits per heavy atom. The molecule has 4 aromatic carbocycles. The summed E-state index contributed by atoms with van der Waals surface area (Å²) in [6, 6.07) is 33.7. The molecule has 4 aromatic rings. The molecule has 0 atom stereocenters. The molecule has 8 bridgehead atoms. The van der Waals surface area contributed by atoms with Crippen molar-refractivity contribution in [1.82, 2.24) is 0 Å². The number of rotatable bonds is 4. The monoisotopic (exact) mass is 970 g/mol. The van der Waals surface area contributed by atoms with E-state index < -0.39 is 32.9 Å².